The van der Waals surface area contributed by atoms with Gasteiger partial charge < -0.3 is 33.9 Å². The van der Waals surface area contributed by atoms with Gasteiger partial charge >= 0.3 is 0 Å². The number of benzene rings is 3. The molecule has 3 aromatic carbocycles. The number of fused-ring (bicyclic) bond motifs is 1. The number of imidazole rings is 1. The Morgan fingerprint density at radius 3 is 2.33 bits per heavy atom. The Morgan fingerprint density at radius 1 is 0.885 bits per heavy atom. The zero-order valence-electron chi connectivity index (χ0n) is 31.0. The standard InChI is InChI=1S/C42H50N6O4/c1-29-13-14-32(24-30(29)2)42(18-23-47(28-42)40(49)31-25-37(50-3)39(52-5)38(26-31)51-4)17-22-46-20-15-33(16-21-46)44-41-45-35-11-6-7-12-36(35)48(41)27-34-10-8-9-19-43-34/h6-14,19,24-26,33H,15-18,20-23,27-28H2,1-5H3,(H,44,45). The highest BCUT2D eigenvalue weighted by atomic mass is 16.5. The van der Waals surface area contributed by atoms with Crippen molar-refractivity contribution in [2.45, 2.75) is 57.5 Å². The first-order chi connectivity index (χ1) is 25.3. The summed E-state index contributed by atoms with van der Waals surface area (Å²) < 4.78 is 18.9. The first-order valence-corrected chi connectivity index (χ1v) is 18.3. The number of hydrogen-bond acceptors (Lipinski definition) is 8. The molecular formula is C42H50N6O4. The number of para-hydroxylation sites is 2. The fourth-order valence-electron chi connectivity index (χ4n) is 7.94. The fourth-order valence-corrected chi connectivity index (χ4v) is 7.94. The molecule has 52 heavy (non-hydrogen) atoms. The van der Waals surface area contributed by atoms with Crippen molar-refractivity contribution >= 4 is 22.9 Å². The summed E-state index contributed by atoms with van der Waals surface area (Å²) >= 11 is 0. The first-order valence-electron chi connectivity index (χ1n) is 18.3. The van der Waals surface area contributed by atoms with Gasteiger partial charge in [-0.3, -0.25) is 9.78 Å². The molecule has 1 N–H and O–H groups in total. The van der Waals surface area contributed by atoms with E-state index in [2.05, 4.69) is 76.1 Å². The molecule has 0 radical (unpaired) electrons. The number of carbonyl (C=O) groups is 1. The van der Waals surface area contributed by atoms with Gasteiger partial charge in [-0.2, -0.15) is 0 Å². The molecule has 10 nitrogen and oxygen atoms in total. The molecule has 4 heterocycles. The Labute approximate surface area is 306 Å². The number of carbonyl (C=O) groups excluding carboxylic acids is 1. The van der Waals surface area contributed by atoms with Crippen LogP contribution < -0.4 is 19.5 Å². The predicted octanol–water partition coefficient (Wildman–Crippen LogP) is 6.87. The SMILES string of the molecule is COc1cc(C(=O)N2CCC(CCN3CCC(Nc4nc5ccccc5n4Cc4ccccn4)CC3)(c3ccc(C)c(C)c3)C2)cc(OC)c1OC. The Kier molecular flexibility index (Phi) is 10.4. The lowest BCUT2D eigenvalue weighted by Gasteiger charge is -2.36. The number of hydrogen-bond donors (Lipinski definition) is 1. The fraction of sp³-hybridized carbons (Fsp3) is 0.405. The average molecular weight is 703 g/mol. The van der Waals surface area contributed by atoms with Gasteiger partial charge in [0.25, 0.3) is 5.91 Å². The molecule has 1 amide bonds. The van der Waals surface area contributed by atoms with Crippen LogP contribution in [0, 0.1) is 13.8 Å². The van der Waals surface area contributed by atoms with Gasteiger partial charge in [-0.25, -0.2) is 4.98 Å². The third-order valence-electron chi connectivity index (χ3n) is 11.2. The Bertz CT molecular complexity index is 2000. The van der Waals surface area contributed by atoms with Gasteiger partial charge in [-0.15, -0.1) is 0 Å². The number of amides is 1. The molecular weight excluding hydrogens is 653 g/mol. The molecule has 0 bridgehead atoms. The van der Waals surface area contributed by atoms with E-state index in [1.807, 2.05) is 29.3 Å². The summed E-state index contributed by atoms with van der Waals surface area (Å²) in [6.07, 6.45) is 5.81. The lowest BCUT2D eigenvalue weighted by molar-refractivity contribution is 0.0779. The van der Waals surface area contributed by atoms with Crippen molar-refractivity contribution in [1.29, 1.82) is 0 Å². The van der Waals surface area contributed by atoms with Crippen LogP contribution in [0.4, 0.5) is 5.95 Å². The molecule has 1 unspecified atom stereocenters. The maximum absolute atomic E-state index is 14.0. The number of ether oxygens (including phenoxy) is 3. The summed E-state index contributed by atoms with van der Waals surface area (Å²) in [5.74, 6) is 2.32. The smallest absolute Gasteiger partial charge is 0.254 e. The number of aromatic nitrogens is 3. The lowest BCUT2D eigenvalue weighted by atomic mass is 9.75. The monoisotopic (exact) mass is 702 g/mol. The zero-order chi connectivity index (χ0) is 36.2. The molecule has 1 atom stereocenters. The highest BCUT2D eigenvalue weighted by molar-refractivity contribution is 5.96. The summed E-state index contributed by atoms with van der Waals surface area (Å²) in [6.45, 7) is 9.36. The van der Waals surface area contributed by atoms with Crippen LogP contribution in [0.15, 0.2) is 79.0 Å². The highest BCUT2D eigenvalue weighted by Gasteiger charge is 2.42. The molecule has 5 aromatic rings. The largest absolute Gasteiger partial charge is 0.493 e. The summed E-state index contributed by atoms with van der Waals surface area (Å²) in [4.78, 5) is 28.2. The van der Waals surface area contributed by atoms with Crippen molar-refractivity contribution in [1.82, 2.24) is 24.3 Å². The number of methoxy groups -OCH3 is 3. The minimum absolute atomic E-state index is 0.0223. The topological polar surface area (TPSA) is 94.0 Å². The molecule has 2 saturated heterocycles. The van der Waals surface area contributed by atoms with Crippen molar-refractivity contribution in [2.75, 3.05) is 59.4 Å². The molecule has 272 valence electrons. The molecule has 2 fully saturated rings. The van der Waals surface area contributed by atoms with E-state index in [1.54, 1.807) is 33.5 Å². The Morgan fingerprint density at radius 2 is 1.63 bits per heavy atom. The third kappa shape index (κ3) is 7.17. The summed E-state index contributed by atoms with van der Waals surface area (Å²) in [7, 11) is 4.72. The Balaban J connectivity index is 1.04. The molecule has 0 saturated carbocycles. The minimum Gasteiger partial charge on any atom is -0.493 e. The van der Waals surface area contributed by atoms with Crippen LogP contribution in [-0.2, 0) is 12.0 Å². The van der Waals surface area contributed by atoms with E-state index < -0.39 is 0 Å². The van der Waals surface area contributed by atoms with Crippen molar-refractivity contribution in [2.24, 2.45) is 0 Å². The summed E-state index contributed by atoms with van der Waals surface area (Å²) in [5, 5.41) is 3.81. The van der Waals surface area contributed by atoms with Crippen LogP contribution in [0.5, 0.6) is 17.2 Å². The molecule has 2 aliphatic rings. The highest BCUT2D eigenvalue weighted by Crippen LogP contribution is 2.42. The first kappa shape index (κ1) is 35.3. The molecule has 0 aliphatic carbocycles. The van der Waals surface area contributed by atoms with Crippen LogP contribution in [0.2, 0.25) is 0 Å². The average Bonchev–Trinajstić information content (AvgIpc) is 3.77. The van der Waals surface area contributed by atoms with Crippen LogP contribution in [0.3, 0.4) is 0 Å². The number of pyridine rings is 1. The second-order valence-electron chi connectivity index (χ2n) is 14.3. The van der Waals surface area contributed by atoms with Crippen molar-refractivity contribution in [3.8, 4) is 17.2 Å². The van der Waals surface area contributed by atoms with Gasteiger partial charge in [0.05, 0.1) is 44.6 Å². The van der Waals surface area contributed by atoms with E-state index in [1.165, 1.54) is 16.7 Å². The minimum atomic E-state index is -0.139. The number of anilines is 1. The number of piperidine rings is 1. The zero-order valence-corrected chi connectivity index (χ0v) is 31.0. The van der Waals surface area contributed by atoms with Gasteiger partial charge in [0.2, 0.25) is 11.7 Å². The van der Waals surface area contributed by atoms with Crippen LogP contribution in [-0.4, -0.2) is 90.3 Å². The van der Waals surface area contributed by atoms with Gasteiger partial charge in [0.15, 0.2) is 11.5 Å². The number of nitrogens with zero attached hydrogens (tertiary/aromatic N) is 5. The number of aryl methyl sites for hydroxylation is 2. The number of likely N-dealkylation sites (tertiary alicyclic amines) is 2. The summed E-state index contributed by atoms with van der Waals surface area (Å²) in [6, 6.07) is 25.1. The van der Waals surface area contributed by atoms with E-state index in [4.69, 9.17) is 19.2 Å². The van der Waals surface area contributed by atoms with Gasteiger partial charge in [0.1, 0.15) is 0 Å². The number of nitrogens with one attached hydrogen (secondary N) is 1. The second kappa shape index (κ2) is 15.3. The lowest BCUT2D eigenvalue weighted by Crippen LogP contribution is -2.42. The maximum Gasteiger partial charge on any atom is 0.254 e. The van der Waals surface area contributed by atoms with E-state index in [9.17, 15) is 4.79 Å². The predicted molar refractivity (Wildman–Crippen MR) is 205 cm³/mol. The molecule has 10 heteroatoms. The summed E-state index contributed by atoms with van der Waals surface area (Å²) in [5.41, 5.74) is 7.39. The van der Waals surface area contributed by atoms with Crippen LogP contribution >= 0.6 is 0 Å². The molecule has 2 aliphatic heterocycles. The quantitative estimate of drug-likeness (QED) is 0.151. The van der Waals surface area contributed by atoms with Gasteiger partial charge in [-0.05, 0) is 99.2 Å². The van der Waals surface area contributed by atoms with Gasteiger partial charge in [-0.1, -0.05) is 36.4 Å². The normalized spacial score (nSPS) is 18.1. The molecule has 0 spiro atoms. The third-order valence-corrected chi connectivity index (χ3v) is 11.2. The van der Waals surface area contributed by atoms with Crippen LogP contribution in [0.1, 0.15) is 58.4 Å². The van der Waals surface area contributed by atoms with Gasteiger partial charge in [0, 0.05) is 49.4 Å². The van der Waals surface area contributed by atoms with E-state index >= 15 is 0 Å². The van der Waals surface area contributed by atoms with Crippen molar-refractivity contribution < 1.29 is 19.0 Å². The number of rotatable bonds is 12. The van der Waals surface area contributed by atoms with E-state index in [0.29, 0.717) is 48.5 Å². The molecule has 2 aromatic heterocycles. The van der Waals surface area contributed by atoms with Crippen molar-refractivity contribution in [3.63, 3.8) is 0 Å². The van der Waals surface area contributed by atoms with E-state index in [-0.39, 0.29) is 11.3 Å². The van der Waals surface area contributed by atoms with Crippen molar-refractivity contribution in [3.05, 3.63) is 107 Å². The molecule has 7 rings (SSSR count). The van der Waals surface area contributed by atoms with Crippen LogP contribution in [0.25, 0.3) is 11.0 Å². The Hall–Kier alpha value is -5.09. The maximum atomic E-state index is 14.0. The second-order valence-corrected chi connectivity index (χ2v) is 14.3. The van der Waals surface area contributed by atoms with E-state index in [0.717, 1.165) is 68.0 Å².